The van der Waals surface area contributed by atoms with Gasteiger partial charge < -0.3 is 9.73 Å². The summed E-state index contributed by atoms with van der Waals surface area (Å²) in [5.41, 5.74) is 3.22. The zero-order valence-electron chi connectivity index (χ0n) is 12.2. The molecule has 1 atom stereocenters. The minimum atomic E-state index is 0.190. The van der Waals surface area contributed by atoms with Crippen LogP contribution in [0.3, 0.4) is 0 Å². The number of nitrogens with zero attached hydrogens (tertiary/aromatic N) is 3. The van der Waals surface area contributed by atoms with Gasteiger partial charge in [-0.1, -0.05) is 12.1 Å². The van der Waals surface area contributed by atoms with Crippen LogP contribution in [0, 0.1) is 0 Å². The van der Waals surface area contributed by atoms with Crippen LogP contribution in [-0.2, 0) is 6.54 Å². The van der Waals surface area contributed by atoms with E-state index in [9.17, 15) is 0 Å². The van der Waals surface area contributed by atoms with Crippen molar-refractivity contribution in [2.45, 2.75) is 26.4 Å². The molecule has 0 radical (unpaired) electrons. The van der Waals surface area contributed by atoms with Crippen LogP contribution in [0.2, 0.25) is 0 Å². The first kappa shape index (κ1) is 13.4. The average molecular weight is 282 g/mol. The predicted octanol–water partition coefficient (Wildman–Crippen LogP) is 3.73. The van der Waals surface area contributed by atoms with Crippen molar-refractivity contribution in [2.75, 3.05) is 5.32 Å². The SMILES string of the molecule is CCn1cc(C(C)Nc2cccc(-c3cnco3)c2)cn1. The molecule has 0 bridgehead atoms. The van der Waals surface area contributed by atoms with Crippen molar-refractivity contribution in [3.05, 3.63) is 54.8 Å². The van der Waals surface area contributed by atoms with Crippen molar-refractivity contribution in [3.8, 4) is 11.3 Å². The second-order valence-electron chi connectivity index (χ2n) is 4.94. The number of nitrogens with one attached hydrogen (secondary N) is 1. The molecule has 2 aromatic heterocycles. The number of oxazole rings is 1. The molecular formula is C16H18N4O. The Morgan fingerprint density at radius 2 is 2.24 bits per heavy atom. The topological polar surface area (TPSA) is 55.9 Å². The fourth-order valence-electron chi connectivity index (χ4n) is 2.23. The van der Waals surface area contributed by atoms with Crippen molar-refractivity contribution in [3.63, 3.8) is 0 Å². The molecule has 2 heterocycles. The Morgan fingerprint density at radius 1 is 1.33 bits per heavy atom. The van der Waals surface area contributed by atoms with Crippen LogP contribution in [-0.4, -0.2) is 14.8 Å². The van der Waals surface area contributed by atoms with Gasteiger partial charge in [0.05, 0.1) is 18.4 Å². The molecule has 5 nitrogen and oxygen atoms in total. The number of aryl methyl sites for hydroxylation is 1. The lowest BCUT2D eigenvalue weighted by Gasteiger charge is -2.14. The summed E-state index contributed by atoms with van der Waals surface area (Å²) in [7, 11) is 0. The number of aromatic nitrogens is 3. The summed E-state index contributed by atoms with van der Waals surface area (Å²) in [6.07, 6.45) is 7.13. The Hall–Kier alpha value is -2.56. The summed E-state index contributed by atoms with van der Waals surface area (Å²) >= 11 is 0. The Bertz CT molecular complexity index is 703. The molecule has 0 fully saturated rings. The van der Waals surface area contributed by atoms with Crippen LogP contribution < -0.4 is 5.32 Å². The Morgan fingerprint density at radius 3 is 2.95 bits per heavy atom. The highest BCUT2D eigenvalue weighted by atomic mass is 16.3. The molecule has 21 heavy (non-hydrogen) atoms. The Labute approximate surface area is 123 Å². The zero-order chi connectivity index (χ0) is 14.7. The highest BCUT2D eigenvalue weighted by Crippen LogP contribution is 2.25. The first-order valence-corrected chi connectivity index (χ1v) is 7.04. The van der Waals surface area contributed by atoms with Crippen molar-refractivity contribution in [2.24, 2.45) is 0 Å². The van der Waals surface area contributed by atoms with E-state index in [1.54, 1.807) is 6.20 Å². The van der Waals surface area contributed by atoms with Crippen LogP contribution in [0.15, 0.2) is 53.7 Å². The Kier molecular flexibility index (Phi) is 3.73. The molecule has 1 aromatic carbocycles. The molecule has 0 aliphatic heterocycles. The molecule has 0 aliphatic rings. The van der Waals surface area contributed by atoms with Crippen LogP contribution in [0.1, 0.15) is 25.5 Å². The van der Waals surface area contributed by atoms with Gasteiger partial charge in [-0.15, -0.1) is 0 Å². The summed E-state index contributed by atoms with van der Waals surface area (Å²) in [5, 5.41) is 7.79. The van der Waals surface area contributed by atoms with E-state index < -0.39 is 0 Å². The third-order valence-corrected chi connectivity index (χ3v) is 3.44. The van der Waals surface area contributed by atoms with Crippen LogP contribution >= 0.6 is 0 Å². The first-order chi connectivity index (χ1) is 10.3. The minimum Gasteiger partial charge on any atom is -0.444 e. The molecule has 0 spiro atoms. The number of benzene rings is 1. The van der Waals surface area contributed by atoms with Crippen molar-refractivity contribution >= 4 is 5.69 Å². The molecule has 5 heteroatoms. The van der Waals surface area contributed by atoms with Gasteiger partial charge in [-0.3, -0.25) is 4.68 Å². The molecule has 3 aromatic rings. The third-order valence-electron chi connectivity index (χ3n) is 3.44. The smallest absolute Gasteiger partial charge is 0.181 e. The van der Waals surface area contributed by atoms with Crippen LogP contribution in [0.4, 0.5) is 5.69 Å². The van der Waals surface area contributed by atoms with E-state index in [1.165, 1.54) is 12.0 Å². The summed E-state index contributed by atoms with van der Waals surface area (Å²) in [4.78, 5) is 3.95. The number of hydrogen-bond donors (Lipinski definition) is 1. The van der Waals surface area contributed by atoms with E-state index in [4.69, 9.17) is 4.42 Å². The van der Waals surface area contributed by atoms with Crippen molar-refractivity contribution in [1.82, 2.24) is 14.8 Å². The summed E-state index contributed by atoms with van der Waals surface area (Å²) < 4.78 is 7.26. The third kappa shape index (κ3) is 2.97. The van der Waals surface area contributed by atoms with Crippen LogP contribution in [0.5, 0.6) is 0 Å². The van der Waals surface area contributed by atoms with E-state index >= 15 is 0 Å². The molecule has 1 unspecified atom stereocenters. The van der Waals surface area contributed by atoms with E-state index in [0.29, 0.717) is 0 Å². The first-order valence-electron chi connectivity index (χ1n) is 7.04. The molecule has 3 rings (SSSR count). The normalized spacial score (nSPS) is 12.3. The van der Waals surface area contributed by atoms with Gasteiger partial charge in [0.2, 0.25) is 0 Å². The second kappa shape index (κ2) is 5.83. The summed E-state index contributed by atoms with van der Waals surface area (Å²) in [5.74, 6) is 0.769. The highest BCUT2D eigenvalue weighted by Gasteiger charge is 2.09. The molecule has 0 amide bonds. The highest BCUT2D eigenvalue weighted by molar-refractivity contribution is 5.63. The van der Waals surface area contributed by atoms with Gasteiger partial charge in [0.25, 0.3) is 0 Å². The fraction of sp³-hybridized carbons (Fsp3) is 0.250. The lowest BCUT2D eigenvalue weighted by atomic mass is 10.1. The van der Waals surface area contributed by atoms with Gasteiger partial charge in [0, 0.05) is 29.6 Å². The quantitative estimate of drug-likeness (QED) is 0.774. The molecule has 0 saturated heterocycles. The monoisotopic (exact) mass is 282 g/mol. The summed E-state index contributed by atoms with van der Waals surface area (Å²) in [6.45, 7) is 5.08. The van der Waals surface area contributed by atoms with E-state index in [0.717, 1.165) is 23.6 Å². The predicted molar refractivity (Wildman–Crippen MR) is 81.9 cm³/mol. The van der Waals surface area contributed by atoms with Crippen molar-refractivity contribution in [1.29, 1.82) is 0 Å². The van der Waals surface area contributed by atoms with Gasteiger partial charge in [-0.2, -0.15) is 5.10 Å². The van der Waals surface area contributed by atoms with Gasteiger partial charge in [0.1, 0.15) is 0 Å². The fourth-order valence-corrected chi connectivity index (χ4v) is 2.23. The largest absolute Gasteiger partial charge is 0.444 e. The van der Waals surface area contributed by atoms with E-state index in [2.05, 4.69) is 41.5 Å². The van der Waals surface area contributed by atoms with Crippen LogP contribution in [0.25, 0.3) is 11.3 Å². The number of anilines is 1. The molecule has 1 N–H and O–H groups in total. The Balaban J connectivity index is 1.77. The van der Waals surface area contributed by atoms with Gasteiger partial charge in [0.15, 0.2) is 12.2 Å². The molecule has 108 valence electrons. The lowest BCUT2D eigenvalue weighted by molar-refractivity contribution is 0.572. The zero-order valence-corrected chi connectivity index (χ0v) is 12.2. The standard InChI is InChI=1S/C16H18N4O/c1-3-20-10-14(8-18-20)12(2)19-15-6-4-5-13(7-15)16-9-17-11-21-16/h4-12,19H,3H2,1-2H3. The molecule has 0 aliphatic carbocycles. The van der Waals surface area contributed by atoms with Gasteiger partial charge in [-0.05, 0) is 26.0 Å². The maximum Gasteiger partial charge on any atom is 0.181 e. The van der Waals surface area contributed by atoms with Gasteiger partial charge in [-0.25, -0.2) is 4.98 Å². The van der Waals surface area contributed by atoms with E-state index in [-0.39, 0.29) is 6.04 Å². The van der Waals surface area contributed by atoms with Gasteiger partial charge >= 0.3 is 0 Å². The van der Waals surface area contributed by atoms with Crippen molar-refractivity contribution < 1.29 is 4.42 Å². The number of hydrogen-bond acceptors (Lipinski definition) is 4. The summed E-state index contributed by atoms with van der Waals surface area (Å²) in [6, 6.07) is 8.30. The minimum absolute atomic E-state index is 0.190. The molecule has 0 saturated carbocycles. The second-order valence-corrected chi connectivity index (χ2v) is 4.94. The maximum atomic E-state index is 5.33. The lowest BCUT2D eigenvalue weighted by Crippen LogP contribution is -2.05. The number of rotatable bonds is 5. The molecular weight excluding hydrogens is 264 g/mol. The maximum absolute atomic E-state index is 5.33. The average Bonchev–Trinajstić information content (AvgIpc) is 3.19. The van der Waals surface area contributed by atoms with E-state index in [1.807, 2.05) is 29.1 Å².